The second-order valence-corrected chi connectivity index (χ2v) is 6.13. The third kappa shape index (κ3) is 3.54. The molecule has 2 aromatic rings. The maximum Gasteiger partial charge on any atom is 0.278 e. The number of carbonyl (C=O) groups is 2. The Morgan fingerprint density at radius 2 is 1.93 bits per heavy atom. The van der Waals surface area contributed by atoms with Crippen LogP contribution in [-0.2, 0) is 16.1 Å². The number of hydrogen-bond acceptors (Lipinski definition) is 6. The first kappa shape index (κ1) is 18.6. The van der Waals surface area contributed by atoms with Crippen LogP contribution in [0, 0.1) is 0 Å². The zero-order valence-electron chi connectivity index (χ0n) is 15.3. The molecule has 27 heavy (non-hydrogen) atoms. The van der Waals surface area contributed by atoms with Crippen LogP contribution < -0.4 is 4.74 Å². The van der Waals surface area contributed by atoms with Crippen LogP contribution in [0.1, 0.15) is 11.1 Å². The van der Waals surface area contributed by atoms with Crippen LogP contribution in [0.5, 0.6) is 5.75 Å². The maximum atomic E-state index is 13.2. The van der Waals surface area contributed by atoms with Gasteiger partial charge in [0.25, 0.3) is 11.8 Å². The van der Waals surface area contributed by atoms with Gasteiger partial charge in [-0.15, -0.1) is 0 Å². The van der Waals surface area contributed by atoms with E-state index >= 15 is 0 Å². The lowest BCUT2D eigenvalue weighted by Gasteiger charge is -2.20. The van der Waals surface area contributed by atoms with Gasteiger partial charge in [-0.3, -0.25) is 19.5 Å². The lowest BCUT2D eigenvalue weighted by atomic mass is 10.0. The van der Waals surface area contributed by atoms with Crippen molar-refractivity contribution in [3.05, 3.63) is 65.6 Å². The molecule has 2 amide bonds. The molecule has 2 heterocycles. The molecule has 0 aliphatic carbocycles. The number of pyridine rings is 1. The predicted octanol–water partition coefficient (Wildman–Crippen LogP) is 1.29. The minimum atomic E-state index is -0.402. The molecule has 0 saturated carbocycles. The standard InChI is InChI=1S/C20H21N3O4/c1-22(10-11-24)18-17(15-7-3-4-8-16(15)27-2)19(25)23(20(18)26)13-14-6-5-9-21-12-14/h3-9,12,24H,10-11,13H2,1-2H3. The van der Waals surface area contributed by atoms with Crippen molar-refractivity contribution in [2.45, 2.75) is 6.54 Å². The average Bonchev–Trinajstić information content (AvgIpc) is 2.93. The molecule has 7 nitrogen and oxygen atoms in total. The summed E-state index contributed by atoms with van der Waals surface area (Å²) in [5.74, 6) is -0.291. The summed E-state index contributed by atoms with van der Waals surface area (Å²) >= 11 is 0. The van der Waals surface area contributed by atoms with Crippen LogP contribution in [0.3, 0.4) is 0 Å². The molecule has 0 bridgehead atoms. The fraction of sp³-hybridized carbons (Fsp3) is 0.250. The summed E-state index contributed by atoms with van der Waals surface area (Å²) < 4.78 is 5.39. The van der Waals surface area contributed by atoms with Gasteiger partial charge in [0.05, 0.1) is 25.8 Å². The number of hydrogen-bond donors (Lipinski definition) is 1. The van der Waals surface area contributed by atoms with E-state index in [1.165, 1.54) is 12.0 Å². The minimum Gasteiger partial charge on any atom is -0.496 e. The highest BCUT2D eigenvalue weighted by Crippen LogP contribution is 2.36. The molecule has 3 rings (SSSR count). The zero-order chi connectivity index (χ0) is 19.4. The highest BCUT2D eigenvalue weighted by atomic mass is 16.5. The van der Waals surface area contributed by atoms with Gasteiger partial charge in [-0.25, -0.2) is 0 Å². The highest BCUT2D eigenvalue weighted by Gasteiger charge is 2.41. The largest absolute Gasteiger partial charge is 0.496 e. The molecule has 0 fully saturated rings. The summed E-state index contributed by atoms with van der Waals surface area (Å²) in [6, 6.07) is 10.7. The fourth-order valence-corrected chi connectivity index (χ4v) is 3.09. The molecule has 1 N–H and O–H groups in total. The van der Waals surface area contributed by atoms with E-state index in [1.807, 2.05) is 6.07 Å². The smallest absolute Gasteiger partial charge is 0.278 e. The number of ether oxygens (including phenoxy) is 1. The highest BCUT2D eigenvalue weighted by molar-refractivity contribution is 6.35. The second-order valence-electron chi connectivity index (χ2n) is 6.13. The topological polar surface area (TPSA) is 83.0 Å². The van der Waals surface area contributed by atoms with E-state index in [2.05, 4.69) is 4.98 Å². The molecule has 1 aliphatic heterocycles. The van der Waals surface area contributed by atoms with Crippen molar-refractivity contribution in [3.63, 3.8) is 0 Å². The van der Waals surface area contributed by atoms with Crippen molar-refractivity contribution in [2.24, 2.45) is 0 Å². The van der Waals surface area contributed by atoms with Gasteiger partial charge < -0.3 is 14.7 Å². The number of likely N-dealkylation sites (N-methyl/N-ethyl adjacent to an activating group) is 1. The Morgan fingerprint density at radius 3 is 2.59 bits per heavy atom. The van der Waals surface area contributed by atoms with Crippen molar-refractivity contribution in [1.29, 1.82) is 0 Å². The van der Waals surface area contributed by atoms with Gasteiger partial charge >= 0.3 is 0 Å². The number of benzene rings is 1. The van der Waals surface area contributed by atoms with E-state index in [-0.39, 0.29) is 31.0 Å². The van der Waals surface area contributed by atoms with Crippen LogP contribution in [0.2, 0.25) is 0 Å². The summed E-state index contributed by atoms with van der Waals surface area (Å²) in [7, 11) is 3.20. The van der Waals surface area contributed by atoms with Crippen molar-refractivity contribution < 1.29 is 19.4 Å². The molecule has 0 saturated heterocycles. The van der Waals surface area contributed by atoms with E-state index < -0.39 is 11.8 Å². The van der Waals surface area contributed by atoms with E-state index in [1.54, 1.807) is 54.7 Å². The van der Waals surface area contributed by atoms with Gasteiger partial charge in [-0.2, -0.15) is 0 Å². The first-order valence-electron chi connectivity index (χ1n) is 8.53. The second kappa shape index (κ2) is 8.01. The lowest BCUT2D eigenvalue weighted by Crippen LogP contribution is -2.34. The Labute approximate surface area is 157 Å². The first-order chi connectivity index (χ1) is 13.1. The molecular weight excluding hydrogens is 346 g/mol. The predicted molar refractivity (Wildman–Crippen MR) is 99.4 cm³/mol. The van der Waals surface area contributed by atoms with Crippen molar-refractivity contribution in [3.8, 4) is 5.75 Å². The molecule has 0 spiro atoms. The fourth-order valence-electron chi connectivity index (χ4n) is 3.09. The Balaban J connectivity index is 2.07. The molecule has 1 aliphatic rings. The molecular formula is C20H21N3O4. The monoisotopic (exact) mass is 367 g/mol. The summed E-state index contributed by atoms with van der Waals surface area (Å²) in [6.07, 6.45) is 3.26. The third-order valence-corrected chi connectivity index (χ3v) is 4.40. The van der Waals surface area contributed by atoms with Crippen molar-refractivity contribution >= 4 is 17.4 Å². The van der Waals surface area contributed by atoms with Gasteiger partial charge in [0.1, 0.15) is 11.4 Å². The Bertz CT molecular complexity index is 880. The van der Waals surface area contributed by atoms with Gasteiger partial charge in [0, 0.05) is 31.5 Å². The number of carbonyl (C=O) groups excluding carboxylic acids is 2. The average molecular weight is 367 g/mol. The van der Waals surface area contributed by atoms with Crippen LogP contribution >= 0.6 is 0 Å². The number of rotatable bonds is 7. The number of para-hydroxylation sites is 1. The summed E-state index contributed by atoms with van der Waals surface area (Å²) in [6.45, 7) is 0.220. The maximum absolute atomic E-state index is 13.2. The molecule has 0 radical (unpaired) electrons. The van der Waals surface area contributed by atoms with Gasteiger partial charge in [0.15, 0.2) is 0 Å². The van der Waals surface area contributed by atoms with Crippen LogP contribution in [0.15, 0.2) is 54.5 Å². The Morgan fingerprint density at radius 1 is 1.15 bits per heavy atom. The van der Waals surface area contributed by atoms with E-state index in [0.29, 0.717) is 11.3 Å². The minimum absolute atomic E-state index is 0.126. The molecule has 7 heteroatoms. The Kier molecular flexibility index (Phi) is 5.52. The first-order valence-corrected chi connectivity index (χ1v) is 8.53. The van der Waals surface area contributed by atoms with Crippen molar-refractivity contribution in [1.82, 2.24) is 14.8 Å². The number of amides is 2. The summed E-state index contributed by atoms with van der Waals surface area (Å²) in [4.78, 5) is 33.1. The lowest BCUT2D eigenvalue weighted by molar-refractivity contribution is -0.138. The number of imide groups is 1. The third-order valence-electron chi connectivity index (χ3n) is 4.40. The SMILES string of the molecule is COc1ccccc1C1=C(N(C)CCO)C(=O)N(Cc2cccnc2)C1=O. The van der Waals surface area contributed by atoms with Crippen LogP contribution in [-0.4, -0.2) is 59.0 Å². The number of nitrogens with zero attached hydrogens (tertiary/aromatic N) is 3. The molecule has 0 unspecified atom stereocenters. The van der Waals surface area contributed by atoms with Crippen LogP contribution in [0.25, 0.3) is 5.57 Å². The molecule has 1 aromatic carbocycles. The van der Waals surface area contributed by atoms with Gasteiger partial charge in [0.2, 0.25) is 0 Å². The molecule has 140 valence electrons. The van der Waals surface area contributed by atoms with E-state index in [4.69, 9.17) is 4.74 Å². The quantitative estimate of drug-likeness (QED) is 0.743. The van der Waals surface area contributed by atoms with Crippen LogP contribution in [0.4, 0.5) is 0 Å². The zero-order valence-corrected chi connectivity index (χ0v) is 15.3. The molecule has 1 aromatic heterocycles. The number of aliphatic hydroxyl groups is 1. The van der Waals surface area contributed by atoms with E-state index in [9.17, 15) is 14.7 Å². The summed E-state index contributed by atoms with van der Waals surface area (Å²) in [5, 5.41) is 9.30. The number of aliphatic hydroxyl groups excluding tert-OH is 1. The van der Waals surface area contributed by atoms with Gasteiger partial charge in [-0.05, 0) is 17.7 Å². The van der Waals surface area contributed by atoms with E-state index in [0.717, 1.165) is 5.56 Å². The normalized spacial score (nSPS) is 14.1. The van der Waals surface area contributed by atoms with Crippen molar-refractivity contribution in [2.75, 3.05) is 27.3 Å². The molecule has 0 atom stereocenters. The number of aromatic nitrogens is 1. The number of methoxy groups -OCH3 is 1. The summed E-state index contributed by atoms with van der Waals surface area (Å²) in [5.41, 5.74) is 1.83. The Hall–Kier alpha value is -3.19. The van der Waals surface area contributed by atoms with Gasteiger partial charge in [-0.1, -0.05) is 24.3 Å².